The van der Waals surface area contributed by atoms with Gasteiger partial charge in [-0.3, -0.25) is 14.6 Å². The third-order valence-electron chi connectivity index (χ3n) is 6.67. The van der Waals surface area contributed by atoms with Gasteiger partial charge in [-0.15, -0.1) is 0 Å². The van der Waals surface area contributed by atoms with Crippen molar-refractivity contribution in [1.82, 2.24) is 9.88 Å². The van der Waals surface area contributed by atoms with Crippen molar-refractivity contribution in [3.63, 3.8) is 0 Å². The summed E-state index contributed by atoms with van der Waals surface area (Å²) in [4.78, 5) is 23.6. The fourth-order valence-electron chi connectivity index (χ4n) is 4.88. The molecule has 0 aliphatic carbocycles. The summed E-state index contributed by atoms with van der Waals surface area (Å²) in [5, 5.41) is 0.750. The number of ether oxygens (including phenoxy) is 2. The molecule has 3 aromatic carbocycles. The standard InChI is InChI=1S/C28H27N3O3S/c32-27(26-20-8-1-4-11-23(20)34-24-12-5-2-9-21(24)26)31(15-7-14-30-16-18-33-19-17-30)28-29-22-10-3-6-13-25(22)35-28/h1-6,8-13,26H,7,14-19H2. The van der Waals surface area contributed by atoms with Crippen molar-refractivity contribution in [1.29, 1.82) is 0 Å². The van der Waals surface area contributed by atoms with E-state index < -0.39 is 5.92 Å². The maximum Gasteiger partial charge on any atom is 0.241 e. The molecular weight excluding hydrogens is 458 g/mol. The maximum absolute atomic E-state index is 14.4. The second-order valence-corrected chi connectivity index (χ2v) is 9.88. The first-order valence-corrected chi connectivity index (χ1v) is 12.9. The van der Waals surface area contributed by atoms with Crippen LogP contribution in [0.2, 0.25) is 0 Å². The monoisotopic (exact) mass is 485 g/mol. The highest BCUT2D eigenvalue weighted by Crippen LogP contribution is 2.45. The van der Waals surface area contributed by atoms with Crippen LogP contribution < -0.4 is 9.64 Å². The summed E-state index contributed by atoms with van der Waals surface area (Å²) in [7, 11) is 0. The summed E-state index contributed by atoms with van der Waals surface area (Å²) in [5.41, 5.74) is 2.72. The molecule has 4 aromatic rings. The number of thiazole rings is 1. The predicted octanol–water partition coefficient (Wildman–Crippen LogP) is 5.29. The zero-order valence-corrected chi connectivity index (χ0v) is 20.2. The second kappa shape index (κ2) is 9.77. The van der Waals surface area contributed by atoms with Gasteiger partial charge in [-0.25, -0.2) is 4.98 Å². The molecule has 6 nitrogen and oxygen atoms in total. The zero-order chi connectivity index (χ0) is 23.6. The lowest BCUT2D eigenvalue weighted by Gasteiger charge is -2.32. The molecule has 1 saturated heterocycles. The number of hydrogen-bond acceptors (Lipinski definition) is 6. The average Bonchev–Trinajstić information content (AvgIpc) is 3.34. The smallest absolute Gasteiger partial charge is 0.241 e. The van der Waals surface area contributed by atoms with E-state index in [9.17, 15) is 4.79 Å². The van der Waals surface area contributed by atoms with Crippen molar-refractivity contribution >= 4 is 32.6 Å². The van der Waals surface area contributed by atoms with Gasteiger partial charge < -0.3 is 9.47 Å². The summed E-state index contributed by atoms with van der Waals surface area (Å²) in [6.45, 7) is 4.97. The third kappa shape index (κ3) is 4.43. The van der Waals surface area contributed by atoms with E-state index in [0.29, 0.717) is 6.54 Å². The van der Waals surface area contributed by atoms with E-state index in [0.717, 1.165) is 77.2 Å². The number of carbonyl (C=O) groups excluding carboxylic acids is 1. The molecule has 1 amide bonds. The van der Waals surface area contributed by atoms with Gasteiger partial charge in [0.25, 0.3) is 0 Å². The molecule has 0 bridgehead atoms. The number of nitrogens with zero attached hydrogens (tertiary/aromatic N) is 3. The Hall–Kier alpha value is -3.26. The molecule has 178 valence electrons. The minimum absolute atomic E-state index is 0.0363. The topological polar surface area (TPSA) is 54.9 Å². The number of carbonyl (C=O) groups is 1. The molecule has 0 N–H and O–H groups in total. The predicted molar refractivity (Wildman–Crippen MR) is 139 cm³/mol. The first kappa shape index (κ1) is 22.2. The molecule has 1 aromatic heterocycles. The molecule has 7 heteroatoms. The minimum Gasteiger partial charge on any atom is -0.457 e. The molecule has 3 heterocycles. The molecule has 0 spiro atoms. The van der Waals surface area contributed by atoms with Gasteiger partial charge in [-0.05, 0) is 30.7 Å². The number of aromatic nitrogens is 1. The molecule has 35 heavy (non-hydrogen) atoms. The minimum atomic E-state index is -0.438. The van der Waals surface area contributed by atoms with Crippen LogP contribution in [0.3, 0.4) is 0 Å². The highest BCUT2D eigenvalue weighted by Gasteiger charge is 2.36. The molecule has 0 saturated carbocycles. The fraction of sp³-hybridized carbons (Fsp3) is 0.286. The number of morpholine rings is 1. The van der Waals surface area contributed by atoms with Crippen LogP contribution in [-0.2, 0) is 9.53 Å². The van der Waals surface area contributed by atoms with Gasteiger partial charge in [0.05, 0.1) is 29.3 Å². The molecule has 1 fully saturated rings. The number of amides is 1. The van der Waals surface area contributed by atoms with Gasteiger partial charge in [0.1, 0.15) is 11.5 Å². The Morgan fingerprint density at radius 1 is 0.943 bits per heavy atom. The molecule has 2 aliphatic rings. The molecule has 0 unspecified atom stereocenters. The number of fused-ring (bicyclic) bond motifs is 3. The highest BCUT2D eigenvalue weighted by atomic mass is 32.1. The Balaban J connectivity index is 1.36. The van der Waals surface area contributed by atoms with E-state index in [1.807, 2.05) is 71.6 Å². The number of rotatable bonds is 6. The van der Waals surface area contributed by atoms with Gasteiger partial charge >= 0.3 is 0 Å². The van der Waals surface area contributed by atoms with Crippen molar-refractivity contribution in [2.75, 3.05) is 44.3 Å². The first-order chi connectivity index (χ1) is 17.3. The zero-order valence-electron chi connectivity index (χ0n) is 19.4. The van der Waals surface area contributed by atoms with Crippen LogP contribution in [0.15, 0.2) is 72.8 Å². The van der Waals surface area contributed by atoms with Crippen LogP contribution in [0.4, 0.5) is 5.13 Å². The van der Waals surface area contributed by atoms with Gasteiger partial charge in [0.2, 0.25) is 5.91 Å². The maximum atomic E-state index is 14.4. The summed E-state index contributed by atoms with van der Waals surface area (Å²) in [6, 6.07) is 23.8. The lowest BCUT2D eigenvalue weighted by atomic mass is 9.87. The van der Waals surface area contributed by atoms with Crippen molar-refractivity contribution in [2.45, 2.75) is 12.3 Å². The molecule has 0 radical (unpaired) electrons. The first-order valence-electron chi connectivity index (χ1n) is 12.1. The van der Waals surface area contributed by atoms with Gasteiger partial charge in [0.15, 0.2) is 5.13 Å². The lowest BCUT2D eigenvalue weighted by molar-refractivity contribution is -0.119. The summed E-state index contributed by atoms with van der Waals surface area (Å²) in [6.07, 6.45) is 0.869. The van der Waals surface area contributed by atoms with E-state index in [1.54, 1.807) is 11.3 Å². The van der Waals surface area contributed by atoms with Crippen LogP contribution in [0.5, 0.6) is 11.5 Å². The normalized spacial score (nSPS) is 15.9. The van der Waals surface area contributed by atoms with Crippen LogP contribution in [-0.4, -0.2) is 55.2 Å². The number of para-hydroxylation sites is 3. The Kier molecular flexibility index (Phi) is 6.21. The third-order valence-corrected chi connectivity index (χ3v) is 7.73. The van der Waals surface area contributed by atoms with E-state index in [2.05, 4.69) is 11.0 Å². The molecular formula is C28H27N3O3S. The Morgan fingerprint density at radius 2 is 1.60 bits per heavy atom. The molecule has 0 atom stereocenters. The van der Waals surface area contributed by atoms with Gasteiger partial charge in [0, 0.05) is 37.3 Å². The largest absolute Gasteiger partial charge is 0.457 e. The quantitative estimate of drug-likeness (QED) is 0.372. The Labute approximate surface area is 208 Å². The van der Waals surface area contributed by atoms with Crippen molar-refractivity contribution in [3.8, 4) is 11.5 Å². The Bertz CT molecular complexity index is 1270. The van der Waals surface area contributed by atoms with Crippen molar-refractivity contribution in [2.24, 2.45) is 0 Å². The van der Waals surface area contributed by atoms with Crippen LogP contribution in [0.25, 0.3) is 10.2 Å². The number of hydrogen-bond donors (Lipinski definition) is 0. The van der Waals surface area contributed by atoms with E-state index in [1.165, 1.54) is 0 Å². The van der Waals surface area contributed by atoms with E-state index >= 15 is 0 Å². The summed E-state index contributed by atoms with van der Waals surface area (Å²) >= 11 is 1.58. The van der Waals surface area contributed by atoms with E-state index in [4.69, 9.17) is 14.5 Å². The fourth-order valence-corrected chi connectivity index (χ4v) is 5.88. The van der Waals surface area contributed by atoms with Crippen molar-refractivity contribution in [3.05, 3.63) is 83.9 Å². The number of benzene rings is 3. The van der Waals surface area contributed by atoms with Crippen LogP contribution in [0.1, 0.15) is 23.5 Å². The summed E-state index contributed by atoms with van der Waals surface area (Å²) < 4.78 is 12.7. The second-order valence-electron chi connectivity index (χ2n) is 8.87. The SMILES string of the molecule is O=C(C1c2ccccc2Oc2ccccc21)N(CCCN1CCOCC1)c1nc2ccccc2s1. The molecule has 2 aliphatic heterocycles. The lowest BCUT2D eigenvalue weighted by Crippen LogP contribution is -2.40. The van der Waals surface area contributed by atoms with Crippen LogP contribution >= 0.6 is 11.3 Å². The highest BCUT2D eigenvalue weighted by molar-refractivity contribution is 7.22. The molecule has 6 rings (SSSR count). The van der Waals surface area contributed by atoms with E-state index in [-0.39, 0.29) is 5.91 Å². The van der Waals surface area contributed by atoms with Gasteiger partial charge in [-0.1, -0.05) is 59.9 Å². The van der Waals surface area contributed by atoms with Crippen LogP contribution in [0, 0.1) is 0 Å². The Morgan fingerprint density at radius 3 is 2.31 bits per heavy atom. The average molecular weight is 486 g/mol. The summed E-state index contributed by atoms with van der Waals surface area (Å²) in [5.74, 6) is 1.07. The van der Waals surface area contributed by atoms with Crippen molar-refractivity contribution < 1.29 is 14.3 Å². The van der Waals surface area contributed by atoms with Gasteiger partial charge in [-0.2, -0.15) is 0 Å². The number of anilines is 1.